The van der Waals surface area contributed by atoms with Gasteiger partial charge >= 0.3 is 6.18 Å². The summed E-state index contributed by atoms with van der Waals surface area (Å²) >= 11 is 0. The van der Waals surface area contributed by atoms with Crippen molar-refractivity contribution in [1.82, 2.24) is 5.32 Å². The Kier molecular flexibility index (Phi) is 2.68. The van der Waals surface area contributed by atoms with Gasteiger partial charge in [-0.2, -0.15) is 13.2 Å². The van der Waals surface area contributed by atoms with Crippen molar-refractivity contribution in [2.45, 2.75) is 6.18 Å². The fourth-order valence-electron chi connectivity index (χ4n) is 1.21. The number of alkyl halides is 3. The first-order valence-corrected chi connectivity index (χ1v) is 4.52. The van der Waals surface area contributed by atoms with Crippen LogP contribution in [-0.4, -0.2) is 12.8 Å². The lowest BCUT2D eigenvalue weighted by atomic mass is 10.2. The molecule has 2 rings (SSSR count). The monoisotopic (exact) mass is 251 g/mol. The van der Waals surface area contributed by atoms with Gasteiger partial charge in [0.2, 0.25) is 0 Å². The summed E-state index contributed by atoms with van der Waals surface area (Å²) in [6.45, 7) is -1.73. The zero-order chi connectivity index (χ0) is 12.6. The molecule has 1 aliphatic heterocycles. The summed E-state index contributed by atoms with van der Waals surface area (Å²) in [6, 6.07) is 1.81. The molecule has 0 fully saturated rings. The maximum atomic E-state index is 13.3. The van der Waals surface area contributed by atoms with E-state index < -0.39 is 30.2 Å². The molecule has 1 aliphatic rings. The largest absolute Gasteiger partial charge is 0.478 e. The van der Waals surface area contributed by atoms with Crippen LogP contribution in [0.1, 0.15) is 5.56 Å². The third-order valence-corrected chi connectivity index (χ3v) is 1.98. The lowest BCUT2D eigenvalue weighted by Crippen LogP contribution is -2.20. The molecule has 0 unspecified atom stereocenters. The highest BCUT2D eigenvalue weighted by molar-refractivity contribution is 5.74. The first-order chi connectivity index (χ1) is 7.87. The van der Waals surface area contributed by atoms with Gasteiger partial charge in [0, 0.05) is 11.8 Å². The van der Waals surface area contributed by atoms with Crippen molar-refractivity contribution in [1.29, 1.82) is 0 Å². The Morgan fingerprint density at radius 2 is 1.65 bits per heavy atom. The molecule has 0 aliphatic carbocycles. The van der Waals surface area contributed by atoms with Crippen LogP contribution in [-0.2, 0) is 0 Å². The van der Waals surface area contributed by atoms with E-state index in [1.165, 1.54) is 6.20 Å². The van der Waals surface area contributed by atoms with Crippen LogP contribution in [0.4, 0.5) is 22.0 Å². The predicted octanol–water partition coefficient (Wildman–Crippen LogP) is 2.81. The molecular weight excluding hydrogens is 245 g/mol. The number of rotatable bonds is 3. The summed E-state index contributed by atoms with van der Waals surface area (Å²) in [5.41, 5.74) is 0.740. The Morgan fingerprint density at radius 1 is 1.12 bits per heavy atom. The molecule has 0 bridgehead atoms. The van der Waals surface area contributed by atoms with E-state index in [0.717, 1.165) is 12.1 Å². The molecule has 7 heteroatoms. The average molecular weight is 251 g/mol. The van der Waals surface area contributed by atoms with E-state index in [4.69, 9.17) is 0 Å². The first-order valence-electron chi connectivity index (χ1n) is 4.52. The normalized spacial score (nSPS) is 14.1. The summed E-state index contributed by atoms with van der Waals surface area (Å²) in [6.07, 6.45) is -3.14. The number of halogens is 5. The molecule has 0 radical (unpaired) electrons. The van der Waals surface area contributed by atoms with Gasteiger partial charge < -0.3 is 10.1 Å². The van der Waals surface area contributed by atoms with Gasteiger partial charge in [-0.15, -0.1) is 0 Å². The van der Waals surface area contributed by atoms with E-state index in [0.29, 0.717) is 5.70 Å². The van der Waals surface area contributed by atoms with Gasteiger partial charge in [-0.1, -0.05) is 0 Å². The van der Waals surface area contributed by atoms with Crippen LogP contribution in [0.15, 0.2) is 18.3 Å². The molecule has 0 saturated heterocycles. The Hall–Kier alpha value is -1.79. The van der Waals surface area contributed by atoms with Crippen molar-refractivity contribution >= 4 is 5.70 Å². The van der Waals surface area contributed by atoms with Crippen LogP contribution in [0.2, 0.25) is 0 Å². The summed E-state index contributed by atoms with van der Waals surface area (Å²) in [7, 11) is 0. The van der Waals surface area contributed by atoms with Crippen LogP contribution < -0.4 is 10.1 Å². The minimum absolute atomic E-state index is 0.222. The molecular formula is C10H6F5NO. The predicted molar refractivity (Wildman–Crippen MR) is 49.0 cm³/mol. The molecule has 1 aromatic rings. The molecule has 1 N–H and O–H groups in total. The Labute approximate surface area is 92.7 Å². The molecule has 0 amide bonds. The molecule has 0 aromatic heterocycles. The third kappa shape index (κ3) is 2.86. The van der Waals surface area contributed by atoms with Crippen molar-refractivity contribution in [3.63, 3.8) is 0 Å². The highest BCUT2D eigenvalue weighted by Gasteiger charge is 2.30. The SMILES string of the molecule is Fc1cc(C2=CN2)cc(F)c1OCC(F)(F)F. The topological polar surface area (TPSA) is 31.2 Å². The second-order valence-electron chi connectivity index (χ2n) is 3.38. The molecule has 0 saturated carbocycles. The Bertz CT molecular complexity index is 457. The zero-order valence-corrected chi connectivity index (χ0v) is 8.24. The van der Waals surface area contributed by atoms with Gasteiger partial charge in [-0.25, -0.2) is 8.78 Å². The highest BCUT2D eigenvalue weighted by atomic mass is 19.4. The summed E-state index contributed by atoms with van der Waals surface area (Å²) in [5.74, 6) is -3.36. The lowest BCUT2D eigenvalue weighted by molar-refractivity contribution is -0.154. The number of hydrogen-bond donors (Lipinski definition) is 1. The maximum absolute atomic E-state index is 13.3. The molecule has 92 valence electrons. The van der Waals surface area contributed by atoms with E-state index in [1.807, 2.05) is 0 Å². The van der Waals surface area contributed by atoms with Gasteiger partial charge in [0.1, 0.15) is 0 Å². The minimum atomic E-state index is -4.64. The minimum Gasteiger partial charge on any atom is -0.478 e. The third-order valence-electron chi connectivity index (χ3n) is 1.98. The summed E-state index contributed by atoms with van der Waals surface area (Å²) in [4.78, 5) is 0. The van der Waals surface area contributed by atoms with Gasteiger partial charge in [0.15, 0.2) is 24.0 Å². The molecule has 0 atom stereocenters. The van der Waals surface area contributed by atoms with Crippen molar-refractivity contribution in [3.05, 3.63) is 35.5 Å². The van der Waals surface area contributed by atoms with Crippen molar-refractivity contribution in [2.24, 2.45) is 0 Å². The first kappa shape index (κ1) is 11.7. The van der Waals surface area contributed by atoms with E-state index in [1.54, 1.807) is 0 Å². The van der Waals surface area contributed by atoms with E-state index >= 15 is 0 Å². The van der Waals surface area contributed by atoms with E-state index in [-0.39, 0.29) is 5.56 Å². The zero-order valence-electron chi connectivity index (χ0n) is 8.24. The molecule has 1 aromatic carbocycles. The van der Waals surface area contributed by atoms with Crippen LogP contribution in [0.3, 0.4) is 0 Å². The number of hydrogen-bond acceptors (Lipinski definition) is 2. The smallest absolute Gasteiger partial charge is 0.422 e. The summed E-state index contributed by atoms with van der Waals surface area (Å²) < 4.78 is 66.1. The molecule has 0 spiro atoms. The maximum Gasteiger partial charge on any atom is 0.422 e. The van der Waals surface area contributed by atoms with Crippen molar-refractivity contribution in [2.75, 3.05) is 6.61 Å². The fraction of sp³-hybridized carbons (Fsp3) is 0.200. The van der Waals surface area contributed by atoms with Crippen molar-refractivity contribution in [3.8, 4) is 5.75 Å². The quantitative estimate of drug-likeness (QED) is 0.837. The molecule has 17 heavy (non-hydrogen) atoms. The fourth-order valence-corrected chi connectivity index (χ4v) is 1.21. The Balaban J connectivity index is 2.19. The standard InChI is InChI=1S/C10H6F5NO/c11-6-1-5(8-3-16-8)2-7(12)9(6)17-4-10(13,14)15/h1-3,16H,4H2. The molecule has 1 heterocycles. The van der Waals surface area contributed by atoms with Gasteiger partial charge in [-0.05, 0) is 12.1 Å². The van der Waals surface area contributed by atoms with E-state index in [9.17, 15) is 22.0 Å². The second-order valence-corrected chi connectivity index (χ2v) is 3.38. The average Bonchev–Trinajstić information content (AvgIpc) is 2.96. The van der Waals surface area contributed by atoms with Crippen LogP contribution in [0.25, 0.3) is 5.70 Å². The van der Waals surface area contributed by atoms with E-state index in [2.05, 4.69) is 10.1 Å². The second kappa shape index (κ2) is 3.90. The van der Waals surface area contributed by atoms with Crippen LogP contribution in [0.5, 0.6) is 5.75 Å². The Morgan fingerprint density at radius 3 is 2.06 bits per heavy atom. The van der Waals surface area contributed by atoms with Gasteiger partial charge in [0.25, 0.3) is 0 Å². The van der Waals surface area contributed by atoms with Crippen molar-refractivity contribution < 1.29 is 26.7 Å². The molecule has 2 nitrogen and oxygen atoms in total. The highest BCUT2D eigenvalue weighted by Crippen LogP contribution is 2.29. The summed E-state index contributed by atoms with van der Waals surface area (Å²) in [5, 5.41) is 2.62. The number of nitrogens with one attached hydrogen (secondary N) is 1. The van der Waals surface area contributed by atoms with Gasteiger partial charge in [0.05, 0.1) is 5.70 Å². The number of benzene rings is 1. The van der Waals surface area contributed by atoms with Crippen LogP contribution >= 0.6 is 0 Å². The number of ether oxygens (including phenoxy) is 1. The van der Waals surface area contributed by atoms with Gasteiger partial charge in [-0.3, -0.25) is 0 Å². The van der Waals surface area contributed by atoms with Crippen LogP contribution in [0, 0.1) is 11.6 Å². The lowest BCUT2D eigenvalue weighted by Gasteiger charge is -2.11.